The SMILES string of the molecule is CN(C(=O)c1cc(C(F)(F)F)cc(C(F)(F)F)c1)C1CCNCC1c1cc(Cl)cc(Cl)c1.Cl. The summed E-state index contributed by atoms with van der Waals surface area (Å²) in [5, 5.41) is 3.92. The van der Waals surface area contributed by atoms with Crippen LogP contribution >= 0.6 is 35.6 Å². The Bertz CT molecular complexity index is 960. The fourth-order valence-corrected chi connectivity index (χ4v) is 4.41. The molecular formula is C21H19Cl3F6N2O. The first-order valence-electron chi connectivity index (χ1n) is 9.50. The summed E-state index contributed by atoms with van der Waals surface area (Å²) >= 11 is 12.2. The van der Waals surface area contributed by atoms with E-state index in [0.717, 1.165) is 0 Å². The normalized spacial score (nSPS) is 19.1. The zero-order chi connectivity index (χ0) is 23.8. The lowest BCUT2D eigenvalue weighted by Crippen LogP contribution is -2.49. The lowest BCUT2D eigenvalue weighted by Gasteiger charge is -2.39. The summed E-state index contributed by atoms with van der Waals surface area (Å²) < 4.78 is 79.1. The Kier molecular flexibility index (Phi) is 8.60. The van der Waals surface area contributed by atoms with Crippen LogP contribution in [-0.2, 0) is 12.4 Å². The van der Waals surface area contributed by atoms with Crippen LogP contribution in [0.3, 0.4) is 0 Å². The first kappa shape index (κ1) is 27.6. The number of hydrogen-bond acceptors (Lipinski definition) is 2. The molecule has 1 N–H and O–H groups in total. The van der Waals surface area contributed by atoms with E-state index in [4.69, 9.17) is 23.2 Å². The van der Waals surface area contributed by atoms with Gasteiger partial charge in [0.15, 0.2) is 0 Å². The van der Waals surface area contributed by atoms with Crippen LogP contribution in [0.15, 0.2) is 36.4 Å². The van der Waals surface area contributed by atoms with Gasteiger partial charge in [-0.1, -0.05) is 23.2 Å². The van der Waals surface area contributed by atoms with E-state index in [0.29, 0.717) is 47.3 Å². The van der Waals surface area contributed by atoms with E-state index in [-0.39, 0.29) is 24.4 Å². The number of likely N-dealkylation sites (N-methyl/N-ethyl adjacent to an activating group) is 1. The molecule has 3 nitrogen and oxygen atoms in total. The quantitative estimate of drug-likeness (QED) is 0.445. The van der Waals surface area contributed by atoms with Gasteiger partial charge in [0.2, 0.25) is 0 Å². The summed E-state index contributed by atoms with van der Waals surface area (Å²) in [6.07, 6.45) is -9.64. The predicted molar refractivity (Wildman–Crippen MR) is 116 cm³/mol. The number of hydrogen-bond donors (Lipinski definition) is 1. The fraction of sp³-hybridized carbons (Fsp3) is 0.381. The average Bonchev–Trinajstić information content (AvgIpc) is 2.70. The van der Waals surface area contributed by atoms with Gasteiger partial charge in [0.1, 0.15) is 0 Å². The van der Waals surface area contributed by atoms with Crippen molar-refractivity contribution in [2.75, 3.05) is 20.1 Å². The summed E-state index contributed by atoms with van der Waals surface area (Å²) in [4.78, 5) is 14.2. The maximum atomic E-state index is 13.2. The molecule has 33 heavy (non-hydrogen) atoms. The molecule has 0 saturated carbocycles. The smallest absolute Gasteiger partial charge is 0.338 e. The monoisotopic (exact) mass is 534 g/mol. The molecule has 1 saturated heterocycles. The van der Waals surface area contributed by atoms with Crippen LogP contribution in [0.2, 0.25) is 10.0 Å². The largest absolute Gasteiger partial charge is 0.416 e. The summed E-state index contributed by atoms with van der Waals surface area (Å²) in [5.41, 5.74) is -3.05. The molecular weight excluding hydrogens is 517 g/mol. The molecule has 0 radical (unpaired) electrons. The van der Waals surface area contributed by atoms with Crippen LogP contribution in [0.25, 0.3) is 0 Å². The van der Waals surface area contributed by atoms with Gasteiger partial charge in [0.25, 0.3) is 5.91 Å². The number of benzene rings is 2. The molecule has 1 heterocycles. The molecule has 0 aromatic heterocycles. The van der Waals surface area contributed by atoms with Crippen LogP contribution in [0.4, 0.5) is 26.3 Å². The Morgan fingerprint density at radius 1 is 0.939 bits per heavy atom. The van der Waals surface area contributed by atoms with Gasteiger partial charge < -0.3 is 10.2 Å². The van der Waals surface area contributed by atoms with E-state index in [1.807, 2.05) is 0 Å². The van der Waals surface area contributed by atoms with Gasteiger partial charge >= 0.3 is 12.4 Å². The van der Waals surface area contributed by atoms with Crippen LogP contribution in [0, 0.1) is 0 Å². The molecule has 182 valence electrons. The number of nitrogens with one attached hydrogen (secondary N) is 1. The highest BCUT2D eigenvalue weighted by molar-refractivity contribution is 6.34. The number of amides is 1. The van der Waals surface area contributed by atoms with Crippen LogP contribution in [0.5, 0.6) is 0 Å². The second-order valence-electron chi connectivity index (χ2n) is 7.58. The van der Waals surface area contributed by atoms with Crippen molar-refractivity contribution in [2.45, 2.75) is 30.7 Å². The van der Waals surface area contributed by atoms with Crippen molar-refractivity contribution in [2.24, 2.45) is 0 Å². The van der Waals surface area contributed by atoms with Crippen LogP contribution in [0.1, 0.15) is 39.4 Å². The Balaban J connectivity index is 0.00000385. The van der Waals surface area contributed by atoms with Crippen molar-refractivity contribution in [1.82, 2.24) is 10.2 Å². The number of carbonyl (C=O) groups excluding carboxylic acids is 1. The number of rotatable bonds is 3. The molecule has 1 aliphatic heterocycles. The van der Waals surface area contributed by atoms with Gasteiger partial charge in [0, 0.05) is 41.2 Å². The molecule has 2 aromatic carbocycles. The van der Waals surface area contributed by atoms with Gasteiger partial charge in [-0.05, 0) is 54.9 Å². The van der Waals surface area contributed by atoms with E-state index in [1.165, 1.54) is 18.0 Å². The number of piperidine rings is 1. The molecule has 1 fully saturated rings. The predicted octanol–water partition coefficient (Wildman–Crippen LogP) is 6.67. The molecule has 0 bridgehead atoms. The van der Waals surface area contributed by atoms with Gasteiger partial charge in [-0.15, -0.1) is 12.4 Å². The molecule has 0 aliphatic carbocycles. The van der Waals surface area contributed by atoms with Crippen molar-refractivity contribution >= 4 is 41.5 Å². The third-order valence-electron chi connectivity index (χ3n) is 5.41. The minimum absolute atomic E-state index is 0. The van der Waals surface area contributed by atoms with Crippen molar-refractivity contribution < 1.29 is 31.1 Å². The lowest BCUT2D eigenvalue weighted by atomic mass is 9.85. The van der Waals surface area contributed by atoms with E-state index < -0.39 is 41.0 Å². The molecule has 3 rings (SSSR count). The number of nitrogens with zero attached hydrogens (tertiary/aromatic N) is 1. The number of carbonyl (C=O) groups is 1. The summed E-state index contributed by atoms with van der Waals surface area (Å²) in [5.74, 6) is -1.26. The Morgan fingerprint density at radius 2 is 1.45 bits per heavy atom. The van der Waals surface area contributed by atoms with Gasteiger partial charge in [-0.25, -0.2) is 0 Å². The molecule has 12 heteroatoms. The van der Waals surface area contributed by atoms with Crippen molar-refractivity contribution in [3.8, 4) is 0 Å². The molecule has 0 spiro atoms. The summed E-state index contributed by atoms with van der Waals surface area (Å²) in [7, 11) is 1.37. The second kappa shape index (κ2) is 10.3. The van der Waals surface area contributed by atoms with Gasteiger partial charge in [-0.2, -0.15) is 26.3 Å². The Labute approximate surface area is 202 Å². The maximum absolute atomic E-state index is 13.2. The maximum Gasteiger partial charge on any atom is 0.416 e. The molecule has 2 unspecified atom stereocenters. The molecule has 1 aliphatic rings. The zero-order valence-electron chi connectivity index (χ0n) is 17.0. The van der Waals surface area contributed by atoms with E-state index in [9.17, 15) is 31.1 Å². The van der Waals surface area contributed by atoms with Gasteiger partial charge in [0.05, 0.1) is 11.1 Å². The molecule has 1 amide bonds. The standard InChI is InChI=1S/C21H18Cl2F6N2O.ClH/c1-31(18-2-3-30-10-17(18)11-6-15(22)9-16(23)7-11)19(32)12-4-13(20(24,25)26)8-14(5-12)21(27,28)29;/h4-9,17-18,30H,2-3,10H2,1H3;1H. The minimum Gasteiger partial charge on any atom is -0.338 e. The topological polar surface area (TPSA) is 32.3 Å². The van der Waals surface area contributed by atoms with Crippen molar-refractivity contribution in [1.29, 1.82) is 0 Å². The highest BCUT2D eigenvalue weighted by Gasteiger charge is 2.39. The Morgan fingerprint density at radius 3 is 1.94 bits per heavy atom. The first-order chi connectivity index (χ1) is 14.8. The van der Waals surface area contributed by atoms with E-state index in [2.05, 4.69) is 5.32 Å². The van der Waals surface area contributed by atoms with Crippen LogP contribution < -0.4 is 5.32 Å². The van der Waals surface area contributed by atoms with E-state index >= 15 is 0 Å². The summed E-state index contributed by atoms with van der Waals surface area (Å²) in [6.45, 7) is 0.943. The second-order valence-corrected chi connectivity index (χ2v) is 8.45. The minimum atomic E-state index is -5.04. The van der Waals surface area contributed by atoms with Crippen LogP contribution in [-0.4, -0.2) is 37.0 Å². The number of halogens is 9. The molecule has 2 aromatic rings. The summed E-state index contributed by atoms with van der Waals surface area (Å²) in [6, 6.07) is 5.26. The van der Waals surface area contributed by atoms with E-state index in [1.54, 1.807) is 12.1 Å². The zero-order valence-corrected chi connectivity index (χ0v) is 19.4. The third-order valence-corrected chi connectivity index (χ3v) is 5.85. The van der Waals surface area contributed by atoms with Crippen molar-refractivity contribution in [3.63, 3.8) is 0 Å². The number of alkyl halides is 6. The third kappa shape index (κ3) is 6.47. The van der Waals surface area contributed by atoms with Gasteiger partial charge in [-0.3, -0.25) is 4.79 Å². The Hall–Kier alpha value is -1.68. The highest BCUT2D eigenvalue weighted by atomic mass is 35.5. The van der Waals surface area contributed by atoms with Crippen molar-refractivity contribution in [3.05, 3.63) is 68.7 Å². The lowest BCUT2D eigenvalue weighted by molar-refractivity contribution is -0.143. The first-order valence-corrected chi connectivity index (χ1v) is 10.3. The molecule has 2 atom stereocenters. The highest BCUT2D eigenvalue weighted by Crippen LogP contribution is 2.37. The fourth-order valence-electron chi connectivity index (χ4n) is 3.87. The average molecular weight is 536 g/mol.